The van der Waals surface area contributed by atoms with E-state index in [0.717, 1.165) is 18.4 Å². The number of aryl methyl sites for hydroxylation is 1. The predicted molar refractivity (Wildman–Crippen MR) is 101 cm³/mol. The molecule has 7 heteroatoms. The zero-order valence-electron chi connectivity index (χ0n) is 15.5. The fraction of sp³-hybridized carbons (Fsp3) is 0.579. The van der Waals surface area contributed by atoms with Gasteiger partial charge in [-0.2, -0.15) is 0 Å². The number of anilines is 1. The smallest absolute Gasteiger partial charge is 0.321 e. The van der Waals surface area contributed by atoms with E-state index >= 15 is 0 Å². The van der Waals surface area contributed by atoms with E-state index in [1.165, 1.54) is 0 Å². The van der Waals surface area contributed by atoms with Crippen LogP contribution in [0.2, 0.25) is 5.02 Å². The molecule has 2 aliphatic heterocycles. The van der Waals surface area contributed by atoms with E-state index < -0.39 is 0 Å². The molecular weight excluding hydrogens is 354 g/mol. The summed E-state index contributed by atoms with van der Waals surface area (Å²) in [6.07, 6.45) is 1.61. The Morgan fingerprint density at radius 3 is 2.62 bits per heavy atom. The number of nitrogens with one attached hydrogen (secondary N) is 1. The molecule has 1 unspecified atom stereocenters. The number of carbonyl (C=O) groups is 2. The van der Waals surface area contributed by atoms with Crippen molar-refractivity contribution >= 4 is 29.2 Å². The lowest BCUT2D eigenvalue weighted by atomic mass is 9.71. The molecule has 2 fully saturated rings. The molecule has 1 aromatic carbocycles. The molecule has 26 heavy (non-hydrogen) atoms. The monoisotopic (exact) mass is 379 g/mol. The van der Waals surface area contributed by atoms with Crippen LogP contribution in [-0.4, -0.2) is 62.1 Å². The van der Waals surface area contributed by atoms with Crippen molar-refractivity contribution in [2.75, 3.05) is 45.7 Å². The van der Waals surface area contributed by atoms with Crippen molar-refractivity contribution < 1.29 is 14.3 Å². The minimum absolute atomic E-state index is 0.0839. The lowest BCUT2D eigenvalue weighted by molar-refractivity contribution is -0.138. The molecule has 3 rings (SSSR count). The quantitative estimate of drug-likeness (QED) is 0.859. The molecule has 142 valence electrons. The summed E-state index contributed by atoms with van der Waals surface area (Å²) >= 11 is 6.14. The fourth-order valence-electron chi connectivity index (χ4n) is 3.93. The zero-order chi connectivity index (χ0) is 18.9. The molecule has 2 saturated heterocycles. The average Bonchev–Trinajstić information content (AvgIpc) is 2.97. The van der Waals surface area contributed by atoms with E-state index in [1.807, 2.05) is 19.1 Å². The van der Waals surface area contributed by atoms with Gasteiger partial charge in [0.25, 0.3) is 0 Å². The normalized spacial score (nSPS) is 21.7. The Bertz CT molecular complexity index is 701. The molecule has 3 amide bonds. The van der Waals surface area contributed by atoms with Crippen molar-refractivity contribution in [2.24, 2.45) is 11.3 Å². The maximum atomic E-state index is 12.8. The molecule has 0 radical (unpaired) electrons. The van der Waals surface area contributed by atoms with Crippen LogP contribution in [0.5, 0.6) is 0 Å². The van der Waals surface area contributed by atoms with Crippen LogP contribution in [0.3, 0.4) is 0 Å². The van der Waals surface area contributed by atoms with E-state index in [9.17, 15) is 9.59 Å². The van der Waals surface area contributed by atoms with Crippen LogP contribution in [-0.2, 0) is 9.53 Å². The van der Waals surface area contributed by atoms with Crippen LogP contribution in [0.4, 0.5) is 10.5 Å². The number of rotatable bonds is 2. The molecule has 0 saturated carbocycles. The van der Waals surface area contributed by atoms with Gasteiger partial charge in [0, 0.05) is 56.5 Å². The first kappa shape index (κ1) is 19.0. The van der Waals surface area contributed by atoms with E-state index in [-0.39, 0.29) is 23.3 Å². The molecule has 1 N–H and O–H groups in total. The van der Waals surface area contributed by atoms with Crippen LogP contribution in [0.1, 0.15) is 18.4 Å². The molecule has 6 nitrogen and oxygen atoms in total. The lowest BCUT2D eigenvalue weighted by Crippen LogP contribution is -2.44. The summed E-state index contributed by atoms with van der Waals surface area (Å²) in [5, 5.41) is 3.53. The number of nitrogens with zero attached hydrogens (tertiary/aromatic N) is 2. The standard InChI is InChI=1S/C19H26ClN3O3/c1-13-4-5-14(10-16(13)20)21-18(25)23-11-15(17(24)22(2)3)19(12-23)6-8-26-9-7-19/h4-5,10,15H,6-9,11-12H2,1-3H3,(H,21,25). The molecule has 1 aromatic rings. The molecule has 1 spiro atoms. The first-order chi connectivity index (χ1) is 12.3. The summed E-state index contributed by atoms with van der Waals surface area (Å²) in [6.45, 7) is 4.20. The topological polar surface area (TPSA) is 61.9 Å². The first-order valence-electron chi connectivity index (χ1n) is 8.93. The number of benzene rings is 1. The number of hydrogen-bond donors (Lipinski definition) is 1. The van der Waals surface area contributed by atoms with Crippen molar-refractivity contribution in [1.82, 2.24) is 9.80 Å². The number of likely N-dealkylation sites (tertiary alicyclic amines) is 1. The van der Waals surface area contributed by atoms with Crippen LogP contribution >= 0.6 is 11.6 Å². The highest BCUT2D eigenvalue weighted by Crippen LogP contribution is 2.45. The summed E-state index contributed by atoms with van der Waals surface area (Å²) in [4.78, 5) is 28.9. The number of ether oxygens (including phenoxy) is 1. The van der Waals surface area contributed by atoms with Gasteiger partial charge in [-0.1, -0.05) is 17.7 Å². The Morgan fingerprint density at radius 2 is 2.00 bits per heavy atom. The highest BCUT2D eigenvalue weighted by Gasteiger charge is 2.52. The van der Waals surface area contributed by atoms with Gasteiger partial charge in [0.1, 0.15) is 0 Å². The predicted octanol–water partition coefficient (Wildman–Crippen LogP) is 3.00. The first-order valence-corrected chi connectivity index (χ1v) is 9.31. The van der Waals surface area contributed by atoms with Gasteiger partial charge in [-0.3, -0.25) is 4.79 Å². The van der Waals surface area contributed by atoms with Crippen LogP contribution < -0.4 is 5.32 Å². The second-order valence-corrected chi connectivity index (χ2v) is 7.94. The summed E-state index contributed by atoms with van der Waals surface area (Å²) in [5.74, 6) is -0.102. The summed E-state index contributed by atoms with van der Waals surface area (Å²) < 4.78 is 5.50. The van der Waals surface area contributed by atoms with Crippen molar-refractivity contribution in [2.45, 2.75) is 19.8 Å². The minimum atomic E-state index is -0.193. The average molecular weight is 380 g/mol. The lowest BCUT2D eigenvalue weighted by Gasteiger charge is -2.37. The van der Waals surface area contributed by atoms with Gasteiger partial charge in [0.05, 0.1) is 5.92 Å². The molecule has 2 aliphatic rings. The van der Waals surface area contributed by atoms with Crippen LogP contribution in [0.25, 0.3) is 0 Å². The number of halogens is 1. The molecule has 0 aliphatic carbocycles. The third-order valence-corrected chi connectivity index (χ3v) is 5.99. The second kappa shape index (κ2) is 7.45. The minimum Gasteiger partial charge on any atom is -0.381 e. The van der Waals surface area contributed by atoms with Gasteiger partial charge in [0.2, 0.25) is 5.91 Å². The Hall–Kier alpha value is -1.79. The van der Waals surface area contributed by atoms with Crippen LogP contribution in [0.15, 0.2) is 18.2 Å². The SMILES string of the molecule is Cc1ccc(NC(=O)N2CC(C(=O)N(C)C)C3(CCOCC3)C2)cc1Cl. The van der Waals surface area contributed by atoms with Gasteiger partial charge in [-0.15, -0.1) is 0 Å². The van der Waals surface area contributed by atoms with Crippen molar-refractivity contribution in [3.63, 3.8) is 0 Å². The van der Waals surface area contributed by atoms with Gasteiger partial charge >= 0.3 is 6.03 Å². The number of hydrogen-bond acceptors (Lipinski definition) is 3. The Kier molecular flexibility index (Phi) is 5.44. The summed E-state index contributed by atoms with van der Waals surface area (Å²) in [6, 6.07) is 5.27. The van der Waals surface area contributed by atoms with E-state index in [0.29, 0.717) is 37.0 Å². The maximum Gasteiger partial charge on any atom is 0.321 e. The number of carbonyl (C=O) groups excluding carboxylic acids is 2. The molecule has 0 bridgehead atoms. The Balaban J connectivity index is 1.76. The molecular formula is C19H26ClN3O3. The highest BCUT2D eigenvalue weighted by atomic mass is 35.5. The third kappa shape index (κ3) is 3.67. The van der Waals surface area contributed by atoms with E-state index in [4.69, 9.17) is 16.3 Å². The van der Waals surface area contributed by atoms with Crippen molar-refractivity contribution in [3.8, 4) is 0 Å². The van der Waals surface area contributed by atoms with Gasteiger partial charge in [0.15, 0.2) is 0 Å². The molecule has 2 heterocycles. The van der Waals surface area contributed by atoms with E-state index in [1.54, 1.807) is 30.0 Å². The van der Waals surface area contributed by atoms with E-state index in [2.05, 4.69) is 5.32 Å². The largest absolute Gasteiger partial charge is 0.381 e. The van der Waals surface area contributed by atoms with Crippen molar-refractivity contribution in [1.29, 1.82) is 0 Å². The summed E-state index contributed by atoms with van der Waals surface area (Å²) in [7, 11) is 3.54. The molecule has 1 atom stereocenters. The highest BCUT2D eigenvalue weighted by molar-refractivity contribution is 6.31. The Labute approximate surface area is 159 Å². The maximum absolute atomic E-state index is 12.8. The second-order valence-electron chi connectivity index (χ2n) is 7.53. The van der Waals surface area contributed by atoms with Crippen molar-refractivity contribution in [3.05, 3.63) is 28.8 Å². The van der Waals surface area contributed by atoms with Crippen LogP contribution in [0, 0.1) is 18.3 Å². The number of amides is 3. The fourth-order valence-corrected chi connectivity index (χ4v) is 4.11. The van der Waals surface area contributed by atoms with Gasteiger partial charge < -0.3 is 19.9 Å². The Morgan fingerprint density at radius 1 is 1.31 bits per heavy atom. The third-order valence-electron chi connectivity index (χ3n) is 5.59. The summed E-state index contributed by atoms with van der Waals surface area (Å²) in [5.41, 5.74) is 1.43. The van der Waals surface area contributed by atoms with Gasteiger partial charge in [-0.25, -0.2) is 4.79 Å². The van der Waals surface area contributed by atoms with Gasteiger partial charge in [-0.05, 0) is 37.5 Å². The number of urea groups is 1. The molecule has 0 aromatic heterocycles. The zero-order valence-corrected chi connectivity index (χ0v) is 16.3.